The number of carbonyl (C=O) groups is 1. The summed E-state index contributed by atoms with van der Waals surface area (Å²) in [5.74, 6) is -1.67. The van der Waals surface area contributed by atoms with Crippen molar-refractivity contribution in [1.29, 1.82) is 0 Å². The fourth-order valence-electron chi connectivity index (χ4n) is 3.14. The molecule has 0 bridgehead atoms. The van der Waals surface area contributed by atoms with Crippen molar-refractivity contribution in [2.45, 2.75) is 45.8 Å². The van der Waals surface area contributed by atoms with E-state index < -0.39 is 12.0 Å². The molecular weight excluding hydrogens is 407 g/mol. The Hall–Kier alpha value is -2.68. The van der Waals surface area contributed by atoms with E-state index in [0.29, 0.717) is 28.4 Å². The molecule has 154 valence electrons. The molecule has 0 aliphatic rings. The SMILES string of the molecule is Cc1nc2nc(C(F)(F)F)nn2c(C)c1CC(=O)N[C@H](C)Cc1cccc(Cl)c1. The number of alkyl halides is 3. The normalized spacial score (nSPS) is 12.9. The first-order valence-corrected chi connectivity index (χ1v) is 9.26. The predicted molar refractivity (Wildman–Crippen MR) is 102 cm³/mol. The van der Waals surface area contributed by atoms with E-state index in [0.717, 1.165) is 10.1 Å². The van der Waals surface area contributed by atoms with Gasteiger partial charge in [0.05, 0.1) is 6.42 Å². The first-order chi connectivity index (χ1) is 13.5. The van der Waals surface area contributed by atoms with E-state index in [2.05, 4.69) is 20.4 Å². The fourth-order valence-corrected chi connectivity index (χ4v) is 3.35. The zero-order valence-electron chi connectivity index (χ0n) is 16.0. The van der Waals surface area contributed by atoms with Gasteiger partial charge in [-0.05, 0) is 44.9 Å². The number of halogens is 4. The molecule has 1 amide bonds. The standard InChI is InChI=1S/C19H19ClF3N5O/c1-10(7-13-5-4-6-14(20)8-13)24-16(29)9-15-11(2)25-18-26-17(19(21,22)23)27-28(18)12(15)3/h4-6,8,10H,7,9H2,1-3H3,(H,24,29)/t10-/m1/s1. The third-order valence-electron chi connectivity index (χ3n) is 4.48. The number of aryl methyl sites for hydroxylation is 2. The van der Waals surface area contributed by atoms with Crippen LogP contribution in [0.15, 0.2) is 24.3 Å². The van der Waals surface area contributed by atoms with Crippen LogP contribution in [0.25, 0.3) is 5.78 Å². The summed E-state index contributed by atoms with van der Waals surface area (Å²) in [4.78, 5) is 20.0. The maximum atomic E-state index is 12.9. The number of aromatic nitrogens is 4. The third-order valence-corrected chi connectivity index (χ3v) is 4.71. The van der Waals surface area contributed by atoms with Crippen molar-refractivity contribution in [1.82, 2.24) is 24.9 Å². The van der Waals surface area contributed by atoms with Crippen molar-refractivity contribution < 1.29 is 18.0 Å². The lowest BCUT2D eigenvalue weighted by Crippen LogP contribution is -2.35. The summed E-state index contributed by atoms with van der Waals surface area (Å²) in [6, 6.07) is 7.22. The average molecular weight is 426 g/mol. The van der Waals surface area contributed by atoms with Crippen molar-refractivity contribution in [2.24, 2.45) is 0 Å². The number of fused-ring (bicyclic) bond motifs is 1. The van der Waals surface area contributed by atoms with Crippen LogP contribution >= 0.6 is 11.6 Å². The summed E-state index contributed by atoms with van der Waals surface area (Å²) in [6.07, 6.45) is -4.09. The second-order valence-electron chi connectivity index (χ2n) is 6.89. The summed E-state index contributed by atoms with van der Waals surface area (Å²) in [7, 11) is 0. The van der Waals surface area contributed by atoms with Crippen LogP contribution in [0.3, 0.4) is 0 Å². The van der Waals surface area contributed by atoms with Gasteiger partial charge in [-0.15, -0.1) is 5.10 Å². The number of carbonyl (C=O) groups excluding carboxylic acids is 1. The van der Waals surface area contributed by atoms with E-state index in [1.807, 2.05) is 25.1 Å². The van der Waals surface area contributed by atoms with Crippen LogP contribution in [-0.2, 0) is 23.8 Å². The van der Waals surface area contributed by atoms with Gasteiger partial charge >= 0.3 is 6.18 Å². The summed E-state index contributed by atoms with van der Waals surface area (Å²) in [6.45, 7) is 5.09. The highest BCUT2D eigenvalue weighted by molar-refractivity contribution is 6.30. The van der Waals surface area contributed by atoms with Crippen LogP contribution < -0.4 is 5.32 Å². The molecule has 3 aromatic rings. The van der Waals surface area contributed by atoms with Crippen molar-refractivity contribution in [3.8, 4) is 0 Å². The molecule has 0 spiro atoms. The fraction of sp³-hybridized carbons (Fsp3) is 0.368. The molecule has 1 atom stereocenters. The van der Waals surface area contributed by atoms with Gasteiger partial charge in [0.25, 0.3) is 11.6 Å². The minimum atomic E-state index is -4.67. The van der Waals surface area contributed by atoms with E-state index in [1.165, 1.54) is 0 Å². The van der Waals surface area contributed by atoms with Gasteiger partial charge in [0.1, 0.15) is 0 Å². The molecule has 1 aromatic carbocycles. The average Bonchev–Trinajstić information content (AvgIpc) is 3.03. The zero-order chi connectivity index (χ0) is 21.3. The molecule has 0 saturated heterocycles. The van der Waals surface area contributed by atoms with E-state index in [4.69, 9.17) is 11.6 Å². The van der Waals surface area contributed by atoms with Crippen molar-refractivity contribution in [3.05, 3.63) is 57.6 Å². The topological polar surface area (TPSA) is 72.2 Å². The molecule has 0 unspecified atom stereocenters. The lowest BCUT2D eigenvalue weighted by Gasteiger charge is -2.16. The molecule has 3 rings (SSSR count). The lowest BCUT2D eigenvalue weighted by atomic mass is 10.1. The van der Waals surface area contributed by atoms with E-state index >= 15 is 0 Å². The second kappa shape index (κ2) is 7.98. The highest BCUT2D eigenvalue weighted by Gasteiger charge is 2.37. The Morgan fingerprint density at radius 3 is 2.66 bits per heavy atom. The van der Waals surface area contributed by atoms with Crippen LogP contribution in [0.4, 0.5) is 13.2 Å². The van der Waals surface area contributed by atoms with Crippen LogP contribution in [0.1, 0.15) is 35.3 Å². The Morgan fingerprint density at radius 2 is 2.00 bits per heavy atom. The summed E-state index contributed by atoms with van der Waals surface area (Å²) < 4.78 is 39.7. The van der Waals surface area contributed by atoms with Crippen molar-refractivity contribution in [3.63, 3.8) is 0 Å². The monoisotopic (exact) mass is 425 g/mol. The first-order valence-electron chi connectivity index (χ1n) is 8.88. The number of benzene rings is 1. The molecule has 10 heteroatoms. The summed E-state index contributed by atoms with van der Waals surface area (Å²) >= 11 is 5.98. The minimum Gasteiger partial charge on any atom is -0.353 e. The molecule has 1 N–H and O–H groups in total. The Bertz CT molecular complexity index is 1060. The van der Waals surface area contributed by atoms with Gasteiger partial charge in [-0.2, -0.15) is 18.2 Å². The van der Waals surface area contributed by atoms with Crippen molar-refractivity contribution in [2.75, 3.05) is 0 Å². The predicted octanol–water partition coefficient (Wildman–Crippen LogP) is 3.70. The number of nitrogens with zero attached hydrogens (tertiary/aromatic N) is 4. The number of hydrogen-bond donors (Lipinski definition) is 1. The maximum Gasteiger partial charge on any atom is 0.453 e. The van der Waals surface area contributed by atoms with E-state index in [1.54, 1.807) is 19.9 Å². The first kappa shape index (κ1) is 21.0. The highest BCUT2D eigenvalue weighted by Crippen LogP contribution is 2.27. The van der Waals surface area contributed by atoms with Gasteiger partial charge < -0.3 is 5.32 Å². The van der Waals surface area contributed by atoms with E-state index in [9.17, 15) is 18.0 Å². The molecule has 0 saturated carbocycles. The third kappa shape index (κ3) is 4.84. The second-order valence-corrected chi connectivity index (χ2v) is 7.32. The largest absolute Gasteiger partial charge is 0.453 e. The Balaban J connectivity index is 1.75. The zero-order valence-corrected chi connectivity index (χ0v) is 16.8. The lowest BCUT2D eigenvalue weighted by molar-refractivity contribution is -0.144. The molecular formula is C19H19ClF3N5O. The van der Waals surface area contributed by atoms with Gasteiger partial charge in [-0.1, -0.05) is 23.7 Å². The number of nitrogens with one attached hydrogen (secondary N) is 1. The van der Waals surface area contributed by atoms with Gasteiger partial charge in [0.15, 0.2) is 0 Å². The van der Waals surface area contributed by atoms with Crippen LogP contribution in [0.2, 0.25) is 5.02 Å². The van der Waals surface area contributed by atoms with Crippen LogP contribution in [0.5, 0.6) is 0 Å². The highest BCUT2D eigenvalue weighted by atomic mass is 35.5. The molecule has 0 fully saturated rings. The maximum absolute atomic E-state index is 12.9. The number of rotatable bonds is 5. The molecule has 2 aromatic heterocycles. The van der Waals surface area contributed by atoms with Crippen LogP contribution in [0, 0.1) is 13.8 Å². The molecule has 2 heterocycles. The Labute approximate surface area is 170 Å². The Kier molecular flexibility index (Phi) is 5.79. The summed E-state index contributed by atoms with van der Waals surface area (Å²) in [5.41, 5.74) is 2.34. The number of hydrogen-bond acceptors (Lipinski definition) is 4. The molecule has 0 aliphatic heterocycles. The molecule has 6 nitrogen and oxygen atoms in total. The molecule has 0 radical (unpaired) electrons. The minimum absolute atomic E-state index is 0.0261. The molecule has 29 heavy (non-hydrogen) atoms. The molecule has 0 aliphatic carbocycles. The Morgan fingerprint density at radius 1 is 1.28 bits per heavy atom. The van der Waals surface area contributed by atoms with Gasteiger partial charge in [-0.25, -0.2) is 9.50 Å². The van der Waals surface area contributed by atoms with Gasteiger partial charge in [-0.3, -0.25) is 4.79 Å². The summed E-state index contributed by atoms with van der Waals surface area (Å²) in [5, 5.41) is 7.01. The van der Waals surface area contributed by atoms with Gasteiger partial charge in [0, 0.05) is 28.0 Å². The van der Waals surface area contributed by atoms with Gasteiger partial charge in [0.2, 0.25) is 5.91 Å². The number of amides is 1. The van der Waals surface area contributed by atoms with E-state index in [-0.39, 0.29) is 24.1 Å². The smallest absolute Gasteiger partial charge is 0.353 e. The van der Waals surface area contributed by atoms with Crippen molar-refractivity contribution >= 4 is 23.3 Å². The van der Waals surface area contributed by atoms with Crippen LogP contribution in [-0.4, -0.2) is 31.5 Å². The quantitative estimate of drug-likeness (QED) is 0.676.